The number of rotatable bonds is 4. The molecule has 5 heteroatoms. The van der Waals surface area contributed by atoms with Crippen LogP contribution in [0.5, 0.6) is 0 Å². The SMILES string of the molecule is CC(C)(CCl)CNc1nccn(C(C)(C)C)c1=O. The van der Waals surface area contributed by atoms with E-state index >= 15 is 0 Å². The Morgan fingerprint density at radius 2 is 1.94 bits per heavy atom. The van der Waals surface area contributed by atoms with E-state index in [1.807, 2.05) is 34.6 Å². The lowest BCUT2D eigenvalue weighted by molar-refractivity contribution is 0.382. The summed E-state index contributed by atoms with van der Waals surface area (Å²) < 4.78 is 1.68. The van der Waals surface area contributed by atoms with Gasteiger partial charge in [-0.2, -0.15) is 0 Å². The second-order valence-corrected chi connectivity index (χ2v) is 6.54. The molecule has 0 aliphatic carbocycles. The van der Waals surface area contributed by atoms with Crippen molar-refractivity contribution in [2.24, 2.45) is 5.41 Å². The summed E-state index contributed by atoms with van der Waals surface area (Å²) >= 11 is 5.86. The van der Waals surface area contributed by atoms with Crippen LogP contribution in [0.3, 0.4) is 0 Å². The van der Waals surface area contributed by atoms with Crippen LogP contribution in [0.1, 0.15) is 34.6 Å². The van der Waals surface area contributed by atoms with Crippen molar-refractivity contribution in [2.45, 2.75) is 40.2 Å². The average Bonchev–Trinajstić information content (AvgIpc) is 2.26. The molecular weight excluding hydrogens is 250 g/mol. The summed E-state index contributed by atoms with van der Waals surface area (Å²) in [6.07, 6.45) is 3.35. The third-order valence-electron chi connectivity index (χ3n) is 2.66. The van der Waals surface area contributed by atoms with E-state index in [1.54, 1.807) is 17.0 Å². The molecule has 1 heterocycles. The lowest BCUT2D eigenvalue weighted by Crippen LogP contribution is -2.36. The Hall–Kier alpha value is -1.03. The Morgan fingerprint density at radius 3 is 2.44 bits per heavy atom. The molecule has 0 atom stereocenters. The minimum Gasteiger partial charge on any atom is -0.365 e. The van der Waals surface area contributed by atoms with E-state index in [0.29, 0.717) is 18.2 Å². The molecule has 0 saturated carbocycles. The monoisotopic (exact) mass is 271 g/mol. The maximum atomic E-state index is 12.2. The van der Waals surface area contributed by atoms with Gasteiger partial charge < -0.3 is 9.88 Å². The van der Waals surface area contributed by atoms with Crippen LogP contribution in [0.2, 0.25) is 0 Å². The van der Waals surface area contributed by atoms with Crippen molar-refractivity contribution in [3.05, 3.63) is 22.7 Å². The molecule has 0 bridgehead atoms. The van der Waals surface area contributed by atoms with E-state index in [9.17, 15) is 4.79 Å². The van der Waals surface area contributed by atoms with E-state index in [-0.39, 0.29) is 16.5 Å². The molecule has 0 spiro atoms. The molecule has 0 aliphatic rings. The van der Waals surface area contributed by atoms with Crippen molar-refractivity contribution in [1.29, 1.82) is 0 Å². The Kier molecular flexibility index (Phi) is 4.43. The summed E-state index contributed by atoms with van der Waals surface area (Å²) in [5.41, 5.74) is -0.424. The van der Waals surface area contributed by atoms with Gasteiger partial charge in [0.05, 0.1) is 0 Å². The number of halogens is 1. The number of hydrogen-bond acceptors (Lipinski definition) is 3. The van der Waals surface area contributed by atoms with Crippen LogP contribution in [0, 0.1) is 5.41 Å². The zero-order chi connectivity index (χ0) is 14.0. The quantitative estimate of drug-likeness (QED) is 0.857. The highest BCUT2D eigenvalue weighted by Crippen LogP contribution is 2.17. The molecule has 1 rings (SSSR count). The van der Waals surface area contributed by atoms with Crippen molar-refractivity contribution in [2.75, 3.05) is 17.7 Å². The predicted octanol–water partition coefficient (Wildman–Crippen LogP) is 2.68. The van der Waals surface area contributed by atoms with E-state index in [4.69, 9.17) is 11.6 Å². The zero-order valence-electron chi connectivity index (χ0n) is 11.7. The maximum absolute atomic E-state index is 12.2. The molecule has 18 heavy (non-hydrogen) atoms. The van der Waals surface area contributed by atoms with E-state index in [1.165, 1.54) is 0 Å². The molecule has 0 unspecified atom stereocenters. The number of nitrogens with zero attached hydrogens (tertiary/aromatic N) is 2. The lowest BCUT2D eigenvalue weighted by Gasteiger charge is -2.24. The van der Waals surface area contributed by atoms with Gasteiger partial charge in [0.2, 0.25) is 0 Å². The normalized spacial score (nSPS) is 12.6. The number of anilines is 1. The summed E-state index contributed by atoms with van der Waals surface area (Å²) in [6.45, 7) is 10.7. The van der Waals surface area contributed by atoms with Crippen LogP contribution >= 0.6 is 11.6 Å². The third-order valence-corrected chi connectivity index (χ3v) is 3.38. The van der Waals surface area contributed by atoms with Gasteiger partial charge in [0.15, 0.2) is 5.82 Å². The largest absolute Gasteiger partial charge is 0.365 e. The first-order valence-electron chi connectivity index (χ1n) is 6.05. The Morgan fingerprint density at radius 1 is 1.33 bits per heavy atom. The molecule has 0 aliphatic heterocycles. The van der Waals surface area contributed by atoms with E-state index in [0.717, 1.165) is 0 Å². The van der Waals surface area contributed by atoms with Gasteiger partial charge in [-0.05, 0) is 26.2 Å². The summed E-state index contributed by atoms with van der Waals surface area (Å²) in [4.78, 5) is 16.3. The van der Waals surface area contributed by atoms with Crippen molar-refractivity contribution < 1.29 is 0 Å². The van der Waals surface area contributed by atoms with Gasteiger partial charge in [0, 0.05) is 30.4 Å². The molecule has 0 saturated heterocycles. The van der Waals surface area contributed by atoms with Gasteiger partial charge in [0.1, 0.15) is 0 Å². The summed E-state index contributed by atoms with van der Waals surface area (Å²) in [6, 6.07) is 0. The molecule has 0 amide bonds. The summed E-state index contributed by atoms with van der Waals surface area (Å²) in [5.74, 6) is 0.908. The van der Waals surface area contributed by atoms with Crippen LogP contribution in [-0.2, 0) is 5.54 Å². The fraction of sp³-hybridized carbons (Fsp3) is 0.692. The second-order valence-electron chi connectivity index (χ2n) is 6.27. The smallest absolute Gasteiger partial charge is 0.293 e. The van der Waals surface area contributed by atoms with Crippen molar-refractivity contribution in [3.63, 3.8) is 0 Å². The minimum atomic E-state index is -0.252. The number of aromatic nitrogens is 2. The Labute approximate surface area is 113 Å². The molecule has 4 nitrogen and oxygen atoms in total. The first-order valence-corrected chi connectivity index (χ1v) is 6.59. The minimum absolute atomic E-state index is 0.0713. The van der Waals surface area contributed by atoms with E-state index in [2.05, 4.69) is 10.3 Å². The van der Waals surface area contributed by atoms with Crippen molar-refractivity contribution in [1.82, 2.24) is 9.55 Å². The molecule has 1 aromatic heterocycles. The van der Waals surface area contributed by atoms with Crippen LogP contribution in [0.4, 0.5) is 5.82 Å². The summed E-state index contributed by atoms with van der Waals surface area (Å²) in [5, 5.41) is 3.09. The molecule has 102 valence electrons. The van der Waals surface area contributed by atoms with Crippen LogP contribution in [-0.4, -0.2) is 22.0 Å². The van der Waals surface area contributed by atoms with Crippen LogP contribution in [0.15, 0.2) is 17.2 Å². The summed E-state index contributed by atoms with van der Waals surface area (Å²) in [7, 11) is 0. The fourth-order valence-electron chi connectivity index (χ4n) is 1.43. The van der Waals surface area contributed by atoms with Crippen molar-refractivity contribution in [3.8, 4) is 0 Å². The highest BCUT2D eigenvalue weighted by atomic mass is 35.5. The Balaban J connectivity index is 2.96. The van der Waals surface area contributed by atoms with Gasteiger partial charge in [-0.25, -0.2) is 4.98 Å². The standard InChI is InChI=1S/C13H22ClN3O/c1-12(2,3)17-7-6-15-10(11(17)18)16-9-13(4,5)8-14/h6-7H,8-9H2,1-5H3,(H,15,16). The number of nitrogens with one attached hydrogen (secondary N) is 1. The molecule has 1 aromatic rings. The number of hydrogen-bond donors (Lipinski definition) is 1. The van der Waals surface area contributed by atoms with Crippen LogP contribution < -0.4 is 10.9 Å². The van der Waals surface area contributed by atoms with E-state index < -0.39 is 0 Å². The lowest BCUT2D eigenvalue weighted by atomic mass is 9.97. The highest BCUT2D eigenvalue weighted by molar-refractivity contribution is 6.18. The molecule has 1 N–H and O–H groups in total. The first-order chi connectivity index (χ1) is 8.17. The topological polar surface area (TPSA) is 46.9 Å². The van der Waals surface area contributed by atoms with Gasteiger partial charge in [-0.3, -0.25) is 4.79 Å². The molecular formula is C13H22ClN3O. The molecule has 0 fully saturated rings. The van der Waals surface area contributed by atoms with Gasteiger partial charge in [-0.1, -0.05) is 13.8 Å². The van der Waals surface area contributed by atoms with Crippen molar-refractivity contribution >= 4 is 17.4 Å². The second kappa shape index (κ2) is 5.31. The fourth-order valence-corrected chi connectivity index (χ4v) is 1.53. The zero-order valence-corrected chi connectivity index (χ0v) is 12.5. The molecule has 0 radical (unpaired) electrons. The predicted molar refractivity (Wildman–Crippen MR) is 76.5 cm³/mol. The first kappa shape index (κ1) is 15.0. The number of alkyl halides is 1. The molecule has 0 aromatic carbocycles. The average molecular weight is 272 g/mol. The Bertz CT molecular complexity index is 460. The van der Waals surface area contributed by atoms with Gasteiger partial charge in [-0.15, -0.1) is 11.6 Å². The highest BCUT2D eigenvalue weighted by Gasteiger charge is 2.19. The maximum Gasteiger partial charge on any atom is 0.293 e. The third kappa shape index (κ3) is 3.73. The van der Waals surface area contributed by atoms with Gasteiger partial charge in [0.25, 0.3) is 5.56 Å². The van der Waals surface area contributed by atoms with Gasteiger partial charge >= 0.3 is 0 Å². The van der Waals surface area contributed by atoms with Crippen LogP contribution in [0.25, 0.3) is 0 Å².